The Hall–Kier alpha value is -2.17. The van der Waals surface area contributed by atoms with Gasteiger partial charge in [-0.2, -0.15) is 0 Å². The molecule has 25 heavy (non-hydrogen) atoms. The highest BCUT2D eigenvalue weighted by Gasteiger charge is 2.11. The Labute approximate surface area is 150 Å². The Balaban J connectivity index is 1.80. The standard InChI is InChI=1S/C21H28N2O2/c1-3-19(23-15-20(24)17-7-5-4-6-8-17)14-11-16-9-12-18(13-10-16)21(25)22-2/h4-10,12-13,19-20,23-24H,3,11,14-15H2,1-2H3,(H,22,25)/t19-,20-/m1/s1. The highest BCUT2D eigenvalue weighted by atomic mass is 16.3. The second-order valence-electron chi connectivity index (χ2n) is 6.25. The summed E-state index contributed by atoms with van der Waals surface area (Å²) in [6.07, 6.45) is 2.47. The number of aliphatic hydroxyl groups is 1. The van der Waals surface area contributed by atoms with E-state index >= 15 is 0 Å². The molecule has 0 saturated heterocycles. The van der Waals surface area contributed by atoms with Crippen LogP contribution in [0.4, 0.5) is 0 Å². The molecule has 0 aliphatic heterocycles. The molecule has 4 nitrogen and oxygen atoms in total. The van der Waals surface area contributed by atoms with Gasteiger partial charge in [0.15, 0.2) is 0 Å². The van der Waals surface area contributed by atoms with Crippen molar-refractivity contribution in [2.24, 2.45) is 0 Å². The summed E-state index contributed by atoms with van der Waals surface area (Å²) in [5.74, 6) is -0.0606. The SMILES string of the molecule is CC[C@H](CCc1ccc(C(=O)NC)cc1)NC[C@@H](O)c1ccccc1. The van der Waals surface area contributed by atoms with Gasteiger partial charge in [-0.1, -0.05) is 49.4 Å². The smallest absolute Gasteiger partial charge is 0.251 e. The van der Waals surface area contributed by atoms with E-state index < -0.39 is 6.10 Å². The number of benzene rings is 2. The highest BCUT2D eigenvalue weighted by Crippen LogP contribution is 2.13. The van der Waals surface area contributed by atoms with Crippen LogP contribution in [0, 0.1) is 0 Å². The number of amides is 1. The molecule has 2 atom stereocenters. The third kappa shape index (κ3) is 6.00. The summed E-state index contributed by atoms with van der Waals surface area (Å²) in [4.78, 5) is 11.6. The predicted molar refractivity (Wildman–Crippen MR) is 102 cm³/mol. The first-order valence-electron chi connectivity index (χ1n) is 8.91. The molecule has 3 N–H and O–H groups in total. The lowest BCUT2D eigenvalue weighted by atomic mass is 10.0. The van der Waals surface area contributed by atoms with Crippen LogP contribution < -0.4 is 10.6 Å². The van der Waals surface area contributed by atoms with Crippen molar-refractivity contribution in [1.29, 1.82) is 0 Å². The van der Waals surface area contributed by atoms with E-state index in [1.165, 1.54) is 5.56 Å². The Kier molecular flexibility index (Phi) is 7.64. The lowest BCUT2D eigenvalue weighted by Crippen LogP contribution is -2.32. The van der Waals surface area contributed by atoms with Crippen LogP contribution in [0.5, 0.6) is 0 Å². The molecule has 0 bridgehead atoms. The van der Waals surface area contributed by atoms with Crippen LogP contribution in [0.15, 0.2) is 54.6 Å². The van der Waals surface area contributed by atoms with Crippen molar-refractivity contribution >= 4 is 5.91 Å². The molecule has 0 radical (unpaired) electrons. The Bertz CT molecular complexity index is 641. The highest BCUT2D eigenvalue weighted by molar-refractivity contribution is 5.93. The minimum atomic E-state index is -0.484. The van der Waals surface area contributed by atoms with Gasteiger partial charge in [0, 0.05) is 25.2 Å². The third-order valence-electron chi connectivity index (χ3n) is 4.50. The number of aliphatic hydroxyl groups excluding tert-OH is 1. The first-order valence-corrected chi connectivity index (χ1v) is 8.91. The Morgan fingerprint density at radius 3 is 2.36 bits per heavy atom. The molecule has 0 aliphatic carbocycles. The molecule has 1 amide bonds. The summed E-state index contributed by atoms with van der Waals surface area (Å²) in [6, 6.07) is 17.8. The topological polar surface area (TPSA) is 61.4 Å². The number of nitrogens with one attached hydrogen (secondary N) is 2. The van der Waals surface area contributed by atoms with Crippen LogP contribution in [0.2, 0.25) is 0 Å². The second kappa shape index (κ2) is 9.97. The van der Waals surface area contributed by atoms with Crippen molar-refractivity contribution < 1.29 is 9.90 Å². The van der Waals surface area contributed by atoms with E-state index in [1.807, 2.05) is 54.6 Å². The van der Waals surface area contributed by atoms with Crippen molar-refractivity contribution in [2.75, 3.05) is 13.6 Å². The average molecular weight is 340 g/mol. The van der Waals surface area contributed by atoms with Crippen LogP contribution >= 0.6 is 0 Å². The normalized spacial score (nSPS) is 13.2. The summed E-state index contributed by atoms with van der Waals surface area (Å²) >= 11 is 0. The van der Waals surface area contributed by atoms with Crippen molar-refractivity contribution in [3.63, 3.8) is 0 Å². The van der Waals surface area contributed by atoms with Gasteiger partial charge in [-0.05, 0) is 42.5 Å². The van der Waals surface area contributed by atoms with E-state index in [0.717, 1.165) is 24.8 Å². The first kappa shape index (κ1) is 19.2. The van der Waals surface area contributed by atoms with Crippen LogP contribution in [0.25, 0.3) is 0 Å². The maximum absolute atomic E-state index is 11.6. The third-order valence-corrected chi connectivity index (χ3v) is 4.50. The Morgan fingerprint density at radius 1 is 1.08 bits per heavy atom. The molecule has 2 aromatic carbocycles. The molecule has 0 spiro atoms. The van der Waals surface area contributed by atoms with E-state index in [4.69, 9.17) is 0 Å². The van der Waals surface area contributed by atoms with Gasteiger partial charge in [0.2, 0.25) is 0 Å². The van der Waals surface area contributed by atoms with E-state index in [9.17, 15) is 9.90 Å². The lowest BCUT2D eigenvalue weighted by molar-refractivity contribution is 0.0963. The molecular weight excluding hydrogens is 312 g/mol. The first-order chi connectivity index (χ1) is 12.1. The monoisotopic (exact) mass is 340 g/mol. The van der Waals surface area contributed by atoms with Gasteiger partial charge in [0.25, 0.3) is 5.91 Å². The van der Waals surface area contributed by atoms with Gasteiger partial charge in [0.05, 0.1) is 6.10 Å². The summed E-state index contributed by atoms with van der Waals surface area (Å²) in [6.45, 7) is 2.71. The molecule has 2 rings (SSSR count). The molecule has 4 heteroatoms. The summed E-state index contributed by atoms with van der Waals surface area (Å²) in [5.41, 5.74) is 2.84. The number of aryl methyl sites for hydroxylation is 1. The molecule has 0 saturated carbocycles. The second-order valence-corrected chi connectivity index (χ2v) is 6.25. The fourth-order valence-corrected chi connectivity index (χ4v) is 2.83. The lowest BCUT2D eigenvalue weighted by Gasteiger charge is -2.20. The fraction of sp³-hybridized carbons (Fsp3) is 0.381. The van der Waals surface area contributed by atoms with Crippen molar-refractivity contribution in [3.05, 3.63) is 71.3 Å². The van der Waals surface area contributed by atoms with Gasteiger partial charge in [0.1, 0.15) is 0 Å². The largest absolute Gasteiger partial charge is 0.387 e. The minimum Gasteiger partial charge on any atom is -0.387 e. The van der Waals surface area contributed by atoms with Crippen LogP contribution in [0.3, 0.4) is 0 Å². The van der Waals surface area contributed by atoms with Crippen molar-refractivity contribution in [3.8, 4) is 0 Å². The number of hydrogen-bond donors (Lipinski definition) is 3. The molecule has 0 unspecified atom stereocenters. The van der Waals surface area contributed by atoms with Crippen molar-refractivity contribution in [1.82, 2.24) is 10.6 Å². The quantitative estimate of drug-likeness (QED) is 0.657. The predicted octanol–water partition coefficient (Wildman–Crippen LogP) is 3.08. The van der Waals surface area contributed by atoms with Crippen molar-refractivity contribution in [2.45, 2.75) is 38.3 Å². The van der Waals surface area contributed by atoms with E-state index in [2.05, 4.69) is 17.6 Å². The van der Waals surface area contributed by atoms with E-state index in [-0.39, 0.29) is 5.91 Å². The number of hydrogen-bond acceptors (Lipinski definition) is 3. The number of carbonyl (C=O) groups is 1. The van der Waals surface area contributed by atoms with Gasteiger partial charge >= 0.3 is 0 Å². The van der Waals surface area contributed by atoms with Gasteiger partial charge in [-0.25, -0.2) is 0 Å². The number of carbonyl (C=O) groups excluding carboxylic acids is 1. The summed E-state index contributed by atoms with van der Waals surface area (Å²) in [7, 11) is 1.64. The molecular formula is C21H28N2O2. The molecule has 0 heterocycles. The van der Waals surface area contributed by atoms with E-state index in [1.54, 1.807) is 7.05 Å². The summed E-state index contributed by atoms with van der Waals surface area (Å²) in [5, 5.41) is 16.3. The Morgan fingerprint density at radius 2 is 1.76 bits per heavy atom. The average Bonchev–Trinajstić information content (AvgIpc) is 2.68. The van der Waals surface area contributed by atoms with Crippen LogP contribution in [0.1, 0.15) is 47.4 Å². The fourth-order valence-electron chi connectivity index (χ4n) is 2.83. The van der Waals surface area contributed by atoms with Gasteiger partial charge in [-0.3, -0.25) is 4.79 Å². The van der Waals surface area contributed by atoms with Gasteiger partial charge in [-0.15, -0.1) is 0 Å². The summed E-state index contributed by atoms with van der Waals surface area (Å²) < 4.78 is 0. The minimum absolute atomic E-state index is 0.0606. The maximum atomic E-state index is 11.6. The zero-order valence-corrected chi connectivity index (χ0v) is 15.0. The number of rotatable bonds is 9. The van der Waals surface area contributed by atoms with Gasteiger partial charge < -0.3 is 15.7 Å². The zero-order chi connectivity index (χ0) is 18.1. The van der Waals surface area contributed by atoms with Crippen LogP contribution in [-0.4, -0.2) is 30.6 Å². The van der Waals surface area contributed by atoms with E-state index in [0.29, 0.717) is 18.2 Å². The molecule has 0 aliphatic rings. The zero-order valence-electron chi connectivity index (χ0n) is 15.0. The molecule has 0 aromatic heterocycles. The maximum Gasteiger partial charge on any atom is 0.251 e. The van der Waals surface area contributed by atoms with Crippen LogP contribution in [-0.2, 0) is 6.42 Å². The molecule has 2 aromatic rings. The molecule has 134 valence electrons. The molecule has 0 fully saturated rings.